The molecule has 0 unspecified atom stereocenters. The summed E-state index contributed by atoms with van der Waals surface area (Å²) < 4.78 is 26.1. The van der Waals surface area contributed by atoms with Crippen molar-refractivity contribution in [3.05, 3.63) is 17.7 Å². The summed E-state index contributed by atoms with van der Waals surface area (Å²) in [4.78, 5) is 5.08. The molecule has 1 heterocycles. The van der Waals surface area contributed by atoms with Crippen molar-refractivity contribution in [2.75, 3.05) is 30.3 Å². The molecule has 6 heteroatoms. The van der Waals surface area contributed by atoms with Crippen molar-refractivity contribution in [3.8, 4) is 0 Å². The van der Waals surface area contributed by atoms with Crippen LogP contribution in [0.25, 0.3) is 0 Å². The maximum atomic E-state index is 13.3. The lowest BCUT2D eigenvalue weighted by Gasteiger charge is -2.21. The number of nitrogen functional groups attached to an aromatic ring is 1. The highest BCUT2D eigenvalue weighted by Crippen LogP contribution is 2.20. The predicted octanol–water partition coefficient (Wildman–Crippen LogP) is 0.761. The summed E-state index contributed by atoms with van der Waals surface area (Å²) in [6.45, 7) is 2.32. The summed E-state index contributed by atoms with van der Waals surface area (Å²) >= 11 is 0. The number of halogens is 2. The lowest BCUT2D eigenvalue weighted by Crippen LogP contribution is -2.28. The quantitative estimate of drug-likeness (QED) is 0.781. The number of anilines is 2. The molecule has 3 N–H and O–H groups in total. The summed E-state index contributed by atoms with van der Waals surface area (Å²) in [5.74, 6) is -2.04. The number of hydrogen-bond acceptors (Lipinski definition) is 4. The van der Waals surface area contributed by atoms with E-state index in [0.29, 0.717) is 12.6 Å². The van der Waals surface area contributed by atoms with Gasteiger partial charge < -0.3 is 15.7 Å². The molecule has 0 fully saturated rings. The van der Waals surface area contributed by atoms with Crippen LogP contribution in [-0.2, 0) is 0 Å². The molecule has 0 amide bonds. The molecule has 84 valence electrons. The van der Waals surface area contributed by atoms with Crippen molar-refractivity contribution in [1.29, 1.82) is 0 Å². The zero-order chi connectivity index (χ0) is 11.4. The Hall–Kier alpha value is -1.43. The molecule has 0 saturated heterocycles. The molecule has 15 heavy (non-hydrogen) atoms. The molecule has 1 aromatic rings. The SMILES string of the molecule is CCN(CCO)c1nc(N)c(F)cc1F. The van der Waals surface area contributed by atoms with E-state index in [1.54, 1.807) is 6.92 Å². The van der Waals surface area contributed by atoms with Crippen LogP contribution < -0.4 is 10.6 Å². The second-order valence-electron chi connectivity index (χ2n) is 2.96. The molecule has 0 aliphatic carbocycles. The van der Waals surface area contributed by atoms with Crippen LogP contribution in [0, 0.1) is 11.6 Å². The van der Waals surface area contributed by atoms with Crippen molar-refractivity contribution >= 4 is 11.6 Å². The minimum atomic E-state index is -0.878. The van der Waals surface area contributed by atoms with Gasteiger partial charge in [-0.3, -0.25) is 0 Å². The van der Waals surface area contributed by atoms with Gasteiger partial charge in [0.25, 0.3) is 0 Å². The number of nitrogens with zero attached hydrogens (tertiary/aromatic N) is 2. The number of nitrogens with two attached hydrogens (primary N) is 1. The van der Waals surface area contributed by atoms with Crippen molar-refractivity contribution < 1.29 is 13.9 Å². The van der Waals surface area contributed by atoms with Gasteiger partial charge in [0.05, 0.1) is 6.61 Å². The van der Waals surface area contributed by atoms with Gasteiger partial charge in [-0.1, -0.05) is 0 Å². The van der Waals surface area contributed by atoms with E-state index in [1.807, 2.05) is 0 Å². The van der Waals surface area contributed by atoms with Crippen molar-refractivity contribution in [3.63, 3.8) is 0 Å². The van der Waals surface area contributed by atoms with Crippen molar-refractivity contribution in [2.45, 2.75) is 6.92 Å². The van der Waals surface area contributed by atoms with Gasteiger partial charge in [0.1, 0.15) is 0 Å². The van der Waals surface area contributed by atoms with E-state index in [2.05, 4.69) is 4.98 Å². The third kappa shape index (κ3) is 2.53. The smallest absolute Gasteiger partial charge is 0.168 e. The lowest BCUT2D eigenvalue weighted by molar-refractivity contribution is 0.301. The summed E-state index contributed by atoms with van der Waals surface area (Å²) in [5.41, 5.74) is 5.24. The molecule has 1 rings (SSSR count). The number of hydrogen-bond donors (Lipinski definition) is 2. The zero-order valence-corrected chi connectivity index (χ0v) is 8.37. The van der Waals surface area contributed by atoms with E-state index >= 15 is 0 Å². The highest BCUT2D eigenvalue weighted by Gasteiger charge is 2.14. The first-order chi connectivity index (χ1) is 7.10. The van der Waals surface area contributed by atoms with Gasteiger partial charge in [0.2, 0.25) is 0 Å². The molecule has 0 atom stereocenters. The topological polar surface area (TPSA) is 62.4 Å². The molecule has 0 aliphatic rings. The van der Waals surface area contributed by atoms with E-state index in [9.17, 15) is 8.78 Å². The number of aromatic nitrogens is 1. The first kappa shape index (κ1) is 11.6. The number of pyridine rings is 1. The van der Waals surface area contributed by atoms with E-state index < -0.39 is 11.6 Å². The maximum Gasteiger partial charge on any atom is 0.168 e. The normalized spacial score (nSPS) is 10.4. The minimum Gasteiger partial charge on any atom is -0.395 e. The van der Waals surface area contributed by atoms with Crippen LogP contribution in [0.15, 0.2) is 6.07 Å². The molecule has 0 saturated carbocycles. The first-order valence-electron chi connectivity index (χ1n) is 4.57. The Labute approximate surface area is 86.3 Å². The van der Waals surface area contributed by atoms with Crippen LogP contribution in [0.5, 0.6) is 0 Å². The summed E-state index contributed by atoms with van der Waals surface area (Å²) in [7, 11) is 0. The van der Waals surface area contributed by atoms with Crippen molar-refractivity contribution in [2.24, 2.45) is 0 Å². The van der Waals surface area contributed by atoms with Crippen LogP contribution in [0.4, 0.5) is 20.4 Å². The molecular weight excluding hydrogens is 204 g/mol. The number of aliphatic hydroxyl groups is 1. The fourth-order valence-electron chi connectivity index (χ4n) is 1.23. The highest BCUT2D eigenvalue weighted by molar-refractivity contribution is 5.47. The van der Waals surface area contributed by atoms with Crippen LogP contribution >= 0.6 is 0 Å². The molecule has 0 spiro atoms. The van der Waals surface area contributed by atoms with Gasteiger partial charge >= 0.3 is 0 Å². The first-order valence-corrected chi connectivity index (χ1v) is 4.57. The summed E-state index contributed by atoms with van der Waals surface area (Å²) in [6, 6.07) is 0.692. The number of likely N-dealkylation sites (N-methyl/N-ethyl adjacent to an activating group) is 1. The predicted molar refractivity (Wildman–Crippen MR) is 53.5 cm³/mol. The molecule has 0 aromatic carbocycles. The van der Waals surface area contributed by atoms with Crippen LogP contribution in [0.2, 0.25) is 0 Å². The molecule has 0 bridgehead atoms. The summed E-state index contributed by atoms with van der Waals surface area (Å²) in [6.07, 6.45) is 0. The van der Waals surface area contributed by atoms with Gasteiger partial charge in [-0.25, -0.2) is 13.8 Å². The van der Waals surface area contributed by atoms with Gasteiger partial charge in [-0.15, -0.1) is 0 Å². The van der Waals surface area contributed by atoms with Gasteiger partial charge in [-0.05, 0) is 6.92 Å². The van der Waals surface area contributed by atoms with Crippen LogP contribution in [-0.4, -0.2) is 29.8 Å². The number of aliphatic hydroxyl groups excluding tert-OH is 1. The Kier molecular flexibility index (Phi) is 3.79. The van der Waals surface area contributed by atoms with Crippen LogP contribution in [0.3, 0.4) is 0 Å². The van der Waals surface area contributed by atoms with E-state index in [4.69, 9.17) is 10.8 Å². The van der Waals surface area contributed by atoms with Crippen molar-refractivity contribution in [1.82, 2.24) is 4.98 Å². The largest absolute Gasteiger partial charge is 0.395 e. The zero-order valence-electron chi connectivity index (χ0n) is 8.37. The fourth-order valence-corrected chi connectivity index (χ4v) is 1.23. The van der Waals surface area contributed by atoms with E-state index in [-0.39, 0.29) is 24.8 Å². The third-order valence-corrected chi connectivity index (χ3v) is 1.99. The average molecular weight is 217 g/mol. The Bertz CT molecular complexity index is 346. The molecule has 0 aliphatic heterocycles. The molecule has 1 aromatic heterocycles. The second-order valence-corrected chi connectivity index (χ2v) is 2.96. The minimum absolute atomic E-state index is 0.0366. The Morgan fingerprint density at radius 1 is 1.47 bits per heavy atom. The monoisotopic (exact) mass is 217 g/mol. The second kappa shape index (κ2) is 4.88. The molecular formula is C9H13F2N3O. The maximum absolute atomic E-state index is 13.3. The standard InChI is InChI=1S/C9H13F2N3O/c1-2-14(3-4-15)9-7(11)5-6(10)8(12)13-9/h5,15H,2-4H2,1H3,(H2,12,13). The molecule has 0 radical (unpaired) electrons. The Morgan fingerprint density at radius 3 is 2.67 bits per heavy atom. The fraction of sp³-hybridized carbons (Fsp3) is 0.444. The highest BCUT2D eigenvalue weighted by atomic mass is 19.1. The number of rotatable bonds is 4. The lowest BCUT2D eigenvalue weighted by atomic mass is 10.3. The third-order valence-electron chi connectivity index (χ3n) is 1.99. The van der Waals surface area contributed by atoms with Gasteiger partial charge in [-0.2, -0.15) is 0 Å². The Morgan fingerprint density at radius 2 is 2.13 bits per heavy atom. The van der Waals surface area contributed by atoms with Gasteiger partial charge in [0, 0.05) is 19.2 Å². The average Bonchev–Trinajstić information content (AvgIpc) is 2.20. The summed E-state index contributed by atoms with van der Waals surface area (Å²) in [5, 5.41) is 8.75. The van der Waals surface area contributed by atoms with E-state index in [1.165, 1.54) is 4.90 Å². The van der Waals surface area contributed by atoms with E-state index in [0.717, 1.165) is 0 Å². The van der Waals surface area contributed by atoms with Crippen LogP contribution in [0.1, 0.15) is 6.92 Å². The molecule has 4 nitrogen and oxygen atoms in total. The Balaban J connectivity index is 3.06. The van der Waals surface area contributed by atoms with Gasteiger partial charge in [0.15, 0.2) is 23.3 Å².